The lowest BCUT2D eigenvalue weighted by molar-refractivity contribution is 0.324. The Morgan fingerprint density at radius 1 is 1.25 bits per heavy atom. The molecule has 1 fully saturated rings. The van der Waals surface area contributed by atoms with E-state index in [2.05, 4.69) is 20.3 Å². The maximum atomic E-state index is 14.4. The lowest BCUT2D eigenvalue weighted by Crippen LogP contribution is -2.37. The van der Waals surface area contributed by atoms with Crippen molar-refractivity contribution in [2.45, 2.75) is 25.3 Å². The van der Waals surface area contributed by atoms with Crippen LogP contribution in [0.1, 0.15) is 30.9 Å². The minimum absolute atomic E-state index is 0.0523. The Labute approximate surface area is 193 Å². The summed E-state index contributed by atoms with van der Waals surface area (Å²) in [4.78, 5) is 0. The Morgan fingerprint density at radius 3 is 2.53 bits per heavy atom. The van der Waals surface area contributed by atoms with Crippen molar-refractivity contribution in [2.24, 2.45) is 10.3 Å². The average molecular weight is 483 g/mol. The van der Waals surface area contributed by atoms with Crippen LogP contribution in [0.4, 0.5) is 10.1 Å². The van der Waals surface area contributed by atoms with Crippen molar-refractivity contribution in [2.75, 3.05) is 31.8 Å². The van der Waals surface area contributed by atoms with Gasteiger partial charge in [-0.1, -0.05) is 23.7 Å². The number of ether oxygens (including phenoxy) is 1. The first-order chi connectivity index (χ1) is 15.2. The van der Waals surface area contributed by atoms with Crippen molar-refractivity contribution < 1.29 is 17.5 Å². The van der Waals surface area contributed by atoms with Gasteiger partial charge in [0.15, 0.2) is 0 Å². The summed E-state index contributed by atoms with van der Waals surface area (Å²) < 4.78 is 47.3. The van der Waals surface area contributed by atoms with Gasteiger partial charge in [0.1, 0.15) is 11.6 Å². The van der Waals surface area contributed by atoms with E-state index in [1.165, 1.54) is 12.1 Å². The zero-order valence-electron chi connectivity index (χ0n) is 18.1. The van der Waals surface area contributed by atoms with Crippen molar-refractivity contribution in [3.63, 3.8) is 0 Å². The van der Waals surface area contributed by atoms with Crippen molar-refractivity contribution >= 4 is 33.3 Å². The summed E-state index contributed by atoms with van der Waals surface area (Å²) in [6, 6.07) is 11.4. The third-order valence-corrected chi connectivity index (χ3v) is 6.05. The van der Waals surface area contributed by atoms with E-state index < -0.39 is 15.8 Å². The first kappa shape index (κ1) is 24.3. The fourth-order valence-electron chi connectivity index (χ4n) is 3.70. The number of hydrogen-bond donors (Lipinski definition) is 3. The van der Waals surface area contributed by atoms with E-state index in [4.69, 9.17) is 16.3 Å². The van der Waals surface area contributed by atoms with Gasteiger partial charge in [-0.25, -0.2) is 12.8 Å². The van der Waals surface area contributed by atoms with Gasteiger partial charge in [0.25, 0.3) is 10.0 Å². The zero-order chi connectivity index (χ0) is 23.1. The highest BCUT2D eigenvalue weighted by Crippen LogP contribution is 2.28. The van der Waals surface area contributed by atoms with Crippen LogP contribution >= 0.6 is 11.6 Å². The molecule has 2 aromatic rings. The summed E-state index contributed by atoms with van der Waals surface area (Å²) in [6.45, 7) is 1.89. The van der Waals surface area contributed by atoms with Gasteiger partial charge in [-0.15, -0.1) is 4.40 Å². The zero-order valence-corrected chi connectivity index (χ0v) is 19.6. The highest BCUT2D eigenvalue weighted by Gasteiger charge is 2.22. The van der Waals surface area contributed by atoms with Crippen LogP contribution in [-0.2, 0) is 10.0 Å². The summed E-state index contributed by atoms with van der Waals surface area (Å²) in [7, 11) is -2.15. The Morgan fingerprint density at radius 2 is 1.94 bits per heavy atom. The molecule has 1 aliphatic heterocycles. The number of hydrogen-bond acceptors (Lipinski definition) is 4. The Balaban J connectivity index is 1.90. The highest BCUT2D eigenvalue weighted by molar-refractivity contribution is 7.89. The molecule has 174 valence electrons. The Bertz CT molecular complexity index is 1040. The standard InChI is InChI=1S/C22H28ClFN4O3S/c1-31-18-6-3-16(4-7-18)21(13-15-9-11-25-12-10-15)27-22(28-32(2,29)30)26-20-8-5-17(23)14-19(20)24/h3-8,14-15,21,25H,9-13H2,1-2H3,(H2,26,27,28). The van der Waals surface area contributed by atoms with E-state index in [0.29, 0.717) is 5.92 Å². The molecule has 1 unspecified atom stereocenters. The van der Waals surface area contributed by atoms with Gasteiger partial charge in [0.2, 0.25) is 5.96 Å². The van der Waals surface area contributed by atoms with Gasteiger partial charge in [-0.05, 0) is 74.2 Å². The predicted molar refractivity (Wildman–Crippen MR) is 126 cm³/mol. The summed E-state index contributed by atoms with van der Waals surface area (Å²) in [5.74, 6) is 0.506. The number of anilines is 1. The molecule has 0 spiro atoms. The minimum atomic E-state index is -3.75. The third-order valence-electron chi connectivity index (χ3n) is 5.30. The smallest absolute Gasteiger partial charge is 0.253 e. The van der Waals surface area contributed by atoms with Crippen LogP contribution < -0.4 is 20.7 Å². The van der Waals surface area contributed by atoms with E-state index in [-0.39, 0.29) is 22.7 Å². The topological polar surface area (TPSA) is 91.8 Å². The van der Waals surface area contributed by atoms with E-state index in [1.54, 1.807) is 7.11 Å². The number of nitrogens with zero attached hydrogens (tertiary/aromatic N) is 1. The molecule has 1 atom stereocenters. The average Bonchev–Trinajstić information content (AvgIpc) is 2.75. The molecule has 0 radical (unpaired) electrons. The van der Waals surface area contributed by atoms with E-state index in [1.807, 2.05) is 24.3 Å². The molecule has 0 amide bonds. The van der Waals surface area contributed by atoms with Gasteiger partial charge in [-0.2, -0.15) is 0 Å². The van der Waals surface area contributed by atoms with Gasteiger partial charge < -0.3 is 20.7 Å². The molecule has 0 aliphatic carbocycles. The van der Waals surface area contributed by atoms with Crippen LogP contribution in [0.2, 0.25) is 5.02 Å². The quantitative estimate of drug-likeness (QED) is 0.409. The SMILES string of the molecule is COc1ccc(C(CC2CCNCC2)NC(=NS(C)(=O)=O)Nc2ccc(Cl)cc2F)cc1. The van der Waals surface area contributed by atoms with Crippen LogP contribution in [0.5, 0.6) is 5.75 Å². The number of guanidine groups is 1. The first-order valence-corrected chi connectivity index (χ1v) is 12.6. The van der Waals surface area contributed by atoms with Gasteiger partial charge in [0, 0.05) is 5.02 Å². The van der Waals surface area contributed by atoms with Crippen LogP contribution in [0.15, 0.2) is 46.9 Å². The van der Waals surface area contributed by atoms with Crippen molar-refractivity contribution in [3.05, 3.63) is 58.9 Å². The number of piperidine rings is 1. The van der Waals surface area contributed by atoms with Crippen molar-refractivity contribution in [3.8, 4) is 5.75 Å². The molecule has 1 saturated heterocycles. The number of rotatable bonds is 7. The normalized spacial score (nSPS) is 16.4. The van der Waals surface area contributed by atoms with Gasteiger partial charge in [-0.3, -0.25) is 0 Å². The number of nitrogens with one attached hydrogen (secondary N) is 3. The summed E-state index contributed by atoms with van der Waals surface area (Å²) in [6.07, 6.45) is 3.80. The molecule has 0 saturated carbocycles. The van der Waals surface area contributed by atoms with E-state index >= 15 is 0 Å². The van der Waals surface area contributed by atoms with Crippen LogP contribution in [0.3, 0.4) is 0 Å². The number of benzene rings is 2. The molecular formula is C22H28ClFN4O3S. The van der Waals surface area contributed by atoms with Crippen LogP contribution in [0, 0.1) is 11.7 Å². The summed E-state index contributed by atoms with van der Waals surface area (Å²) in [5.41, 5.74) is 1.02. The number of halogens is 2. The highest BCUT2D eigenvalue weighted by atomic mass is 35.5. The van der Waals surface area contributed by atoms with E-state index in [9.17, 15) is 12.8 Å². The van der Waals surface area contributed by atoms with Crippen molar-refractivity contribution in [1.82, 2.24) is 10.6 Å². The molecule has 7 nitrogen and oxygen atoms in total. The van der Waals surface area contributed by atoms with Crippen LogP contribution in [0.25, 0.3) is 0 Å². The Hall–Kier alpha value is -2.36. The maximum absolute atomic E-state index is 14.4. The fourth-order valence-corrected chi connectivity index (χ4v) is 4.29. The van der Waals surface area contributed by atoms with E-state index in [0.717, 1.165) is 56.0 Å². The maximum Gasteiger partial charge on any atom is 0.253 e. The first-order valence-electron chi connectivity index (χ1n) is 10.4. The number of sulfonamides is 1. The fraction of sp³-hybridized carbons (Fsp3) is 0.409. The summed E-state index contributed by atoms with van der Waals surface area (Å²) >= 11 is 5.83. The van der Waals surface area contributed by atoms with Gasteiger partial charge >= 0.3 is 0 Å². The molecule has 32 heavy (non-hydrogen) atoms. The lowest BCUT2D eigenvalue weighted by Gasteiger charge is -2.29. The molecule has 0 bridgehead atoms. The molecule has 0 aromatic heterocycles. The Kier molecular flexibility index (Phi) is 8.33. The lowest BCUT2D eigenvalue weighted by atomic mass is 9.88. The monoisotopic (exact) mass is 482 g/mol. The minimum Gasteiger partial charge on any atom is -0.497 e. The second-order valence-electron chi connectivity index (χ2n) is 7.82. The molecule has 10 heteroatoms. The molecule has 1 heterocycles. The predicted octanol–water partition coefficient (Wildman–Crippen LogP) is 3.94. The van der Waals surface area contributed by atoms with Crippen molar-refractivity contribution in [1.29, 1.82) is 0 Å². The molecule has 3 N–H and O–H groups in total. The molecule has 1 aliphatic rings. The van der Waals surface area contributed by atoms with Gasteiger partial charge in [0.05, 0.1) is 25.1 Å². The molecule has 2 aromatic carbocycles. The second-order valence-corrected chi connectivity index (χ2v) is 9.91. The van der Waals surface area contributed by atoms with Crippen LogP contribution in [-0.4, -0.2) is 40.8 Å². The largest absolute Gasteiger partial charge is 0.497 e. The third kappa shape index (κ3) is 7.36. The molecule has 3 rings (SSSR count). The summed E-state index contributed by atoms with van der Waals surface area (Å²) in [5, 5.41) is 9.57. The second kappa shape index (κ2) is 11.0. The molecular weight excluding hydrogens is 455 g/mol. The number of methoxy groups -OCH3 is 1.